The largest absolute Gasteiger partial charge is 0.313 e. The molecule has 0 fully saturated rings. The molecule has 1 nitrogen and oxygen atoms in total. The summed E-state index contributed by atoms with van der Waals surface area (Å²) in [4.78, 5) is 0. The molecule has 0 saturated heterocycles. The van der Waals surface area contributed by atoms with Crippen molar-refractivity contribution in [2.45, 2.75) is 13.8 Å². The van der Waals surface area contributed by atoms with Crippen LogP contribution in [0.25, 0.3) is 6.08 Å². The van der Waals surface area contributed by atoms with Gasteiger partial charge in [0.15, 0.2) is 0 Å². The van der Waals surface area contributed by atoms with E-state index in [1.807, 2.05) is 13.8 Å². The van der Waals surface area contributed by atoms with Gasteiger partial charge in [0.05, 0.1) is 5.02 Å². The quantitative estimate of drug-likeness (QED) is 0.830. The van der Waals surface area contributed by atoms with Crippen LogP contribution in [-0.2, 0) is 0 Å². The van der Waals surface area contributed by atoms with Crippen LogP contribution in [0.1, 0.15) is 19.4 Å². The molecule has 0 aliphatic rings. The van der Waals surface area contributed by atoms with E-state index in [4.69, 9.17) is 11.6 Å². The van der Waals surface area contributed by atoms with Crippen LogP contribution < -0.4 is 5.32 Å². The van der Waals surface area contributed by atoms with Crippen LogP contribution in [-0.4, -0.2) is 13.1 Å². The number of hydrogen-bond donors (Lipinski definition) is 1. The molecule has 0 spiro atoms. The molecule has 15 heavy (non-hydrogen) atoms. The molecule has 0 heterocycles. The van der Waals surface area contributed by atoms with E-state index in [1.165, 1.54) is 6.07 Å². The zero-order chi connectivity index (χ0) is 11.3. The highest BCUT2D eigenvalue weighted by Gasteiger charge is 2.03. The maximum absolute atomic E-state index is 13.4. The molecule has 0 aliphatic heterocycles. The summed E-state index contributed by atoms with van der Waals surface area (Å²) in [6.07, 6.45) is 1.78. The Balaban J connectivity index is 2.87. The highest BCUT2D eigenvalue weighted by Crippen LogP contribution is 2.21. The molecule has 3 heteroatoms. The Bertz CT molecular complexity index is 340. The lowest BCUT2D eigenvalue weighted by Crippen LogP contribution is -2.14. The van der Waals surface area contributed by atoms with Gasteiger partial charge < -0.3 is 5.32 Å². The van der Waals surface area contributed by atoms with Crippen molar-refractivity contribution in [1.82, 2.24) is 5.32 Å². The summed E-state index contributed by atoms with van der Waals surface area (Å²) in [6, 6.07) is 4.71. The lowest BCUT2D eigenvalue weighted by atomic mass is 10.1. The maximum Gasteiger partial charge on any atom is 0.131 e. The van der Waals surface area contributed by atoms with Crippen LogP contribution in [0.4, 0.5) is 4.39 Å². The molecule has 0 radical (unpaired) electrons. The molecular weight excluding hydrogens is 213 g/mol. The van der Waals surface area contributed by atoms with Crippen LogP contribution in [0.3, 0.4) is 0 Å². The first kappa shape index (κ1) is 12.2. The van der Waals surface area contributed by atoms with Gasteiger partial charge in [0, 0.05) is 12.1 Å². The number of likely N-dealkylation sites (N-methyl/N-ethyl adjacent to an activating group) is 1. The van der Waals surface area contributed by atoms with Gasteiger partial charge in [-0.1, -0.05) is 36.2 Å². The van der Waals surface area contributed by atoms with E-state index in [-0.39, 0.29) is 5.82 Å². The van der Waals surface area contributed by atoms with Crippen LogP contribution in [0.2, 0.25) is 5.02 Å². The molecule has 82 valence electrons. The topological polar surface area (TPSA) is 12.0 Å². The predicted molar refractivity (Wildman–Crippen MR) is 63.6 cm³/mol. The Hall–Kier alpha value is -0.860. The highest BCUT2D eigenvalue weighted by atomic mass is 35.5. The lowest BCUT2D eigenvalue weighted by molar-refractivity contribution is 0.625. The molecule has 0 saturated carbocycles. The number of benzene rings is 1. The second-order valence-corrected chi connectivity index (χ2v) is 3.81. The van der Waals surface area contributed by atoms with Gasteiger partial charge in [0.1, 0.15) is 5.82 Å². The average molecular weight is 228 g/mol. The Labute approximate surface area is 95.0 Å². The van der Waals surface area contributed by atoms with E-state index in [9.17, 15) is 4.39 Å². The lowest BCUT2D eigenvalue weighted by Gasteiger charge is -2.04. The minimum atomic E-state index is -0.279. The Morgan fingerprint density at radius 2 is 2.27 bits per heavy atom. The minimum absolute atomic E-state index is 0.279. The van der Waals surface area contributed by atoms with Gasteiger partial charge in [0.2, 0.25) is 0 Å². The van der Waals surface area contributed by atoms with E-state index >= 15 is 0 Å². The summed E-state index contributed by atoms with van der Waals surface area (Å²) < 4.78 is 13.4. The SMILES string of the molecule is CCNCC(C)=Cc1c(F)cccc1Cl. The number of nitrogens with one attached hydrogen (secondary N) is 1. The van der Waals surface area contributed by atoms with Crippen molar-refractivity contribution in [1.29, 1.82) is 0 Å². The smallest absolute Gasteiger partial charge is 0.131 e. The number of rotatable bonds is 4. The second-order valence-electron chi connectivity index (χ2n) is 3.41. The summed E-state index contributed by atoms with van der Waals surface area (Å²) in [5.74, 6) is -0.279. The summed E-state index contributed by atoms with van der Waals surface area (Å²) in [6.45, 7) is 5.63. The molecule has 1 rings (SSSR count). The molecule has 0 aromatic heterocycles. The normalized spacial score (nSPS) is 11.9. The van der Waals surface area contributed by atoms with Crippen LogP contribution in [0.5, 0.6) is 0 Å². The fourth-order valence-corrected chi connectivity index (χ4v) is 1.49. The van der Waals surface area contributed by atoms with Gasteiger partial charge in [-0.15, -0.1) is 0 Å². The zero-order valence-corrected chi connectivity index (χ0v) is 9.74. The molecule has 0 unspecified atom stereocenters. The molecule has 1 aromatic carbocycles. The van der Waals surface area contributed by atoms with Gasteiger partial charge in [-0.25, -0.2) is 4.39 Å². The first-order chi connectivity index (χ1) is 7.15. The van der Waals surface area contributed by atoms with Gasteiger partial charge in [-0.3, -0.25) is 0 Å². The summed E-state index contributed by atoms with van der Waals surface area (Å²) in [5, 5.41) is 3.62. The average Bonchev–Trinajstić information content (AvgIpc) is 2.21. The van der Waals surface area contributed by atoms with E-state index < -0.39 is 0 Å². The van der Waals surface area contributed by atoms with E-state index in [0.717, 1.165) is 18.7 Å². The van der Waals surface area contributed by atoms with Crippen molar-refractivity contribution >= 4 is 17.7 Å². The van der Waals surface area contributed by atoms with Crippen molar-refractivity contribution in [3.8, 4) is 0 Å². The fourth-order valence-electron chi connectivity index (χ4n) is 1.27. The van der Waals surface area contributed by atoms with E-state index in [1.54, 1.807) is 18.2 Å². The van der Waals surface area contributed by atoms with Crippen molar-refractivity contribution in [3.05, 3.63) is 40.2 Å². The highest BCUT2D eigenvalue weighted by molar-refractivity contribution is 6.32. The minimum Gasteiger partial charge on any atom is -0.313 e. The summed E-state index contributed by atoms with van der Waals surface area (Å²) in [5.41, 5.74) is 1.53. The molecule has 1 N–H and O–H groups in total. The summed E-state index contributed by atoms with van der Waals surface area (Å²) in [7, 11) is 0. The third-order valence-electron chi connectivity index (χ3n) is 2.04. The number of hydrogen-bond acceptors (Lipinski definition) is 1. The Morgan fingerprint density at radius 3 is 2.87 bits per heavy atom. The van der Waals surface area contributed by atoms with Crippen LogP contribution in [0, 0.1) is 5.82 Å². The van der Waals surface area contributed by atoms with Crippen LogP contribution >= 0.6 is 11.6 Å². The molecular formula is C12H15ClFN. The Kier molecular flexibility index (Phi) is 4.79. The molecule has 0 aliphatic carbocycles. The Morgan fingerprint density at radius 1 is 1.53 bits per heavy atom. The maximum atomic E-state index is 13.4. The second kappa shape index (κ2) is 5.89. The van der Waals surface area contributed by atoms with Gasteiger partial charge in [-0.05, 0) is 25.6 Å². The molecule has 0 bridgehead atoms. The van der Waals surface area contributed by atoms with Crippen molar-refractivity contribution in [2.75, 3.05) is 13.1 Å². The van der Waals surface area contributed by atoms with Crippen LogP contribution in [0.15, 0.2) is 23.8 Å². The predicted octanol–water partition coefficient (Wildman–Crippen LogP) is 3.49. The van der Waals surface area contributed by atoms with Gasteiger partial charge >= 0.3 is 0 Å². The molecule has 0 amide bonds. The number of halogens is 2. The van der Waals surface area contributed by atoms with E-state index in [2.05, 4.69) is 5.32 Å². The third kappa shape index (κ3) is 3.65. The first-order valence-corrected chi connectivity index (χ1v) is 5.35. The van der Waals surface area contributed by atoms with Crippen molar-refractivity contribution in [3.63, 3.8) is 0 Å². The standard InChI is InChI=1S/C12H15ClFN/c1-3-15-8-9(2)7-10-11(13)5-4-6-12(10)14/h4-7,15H,3,8H2,1-2H3. The van der Waals surface area contributed by atoms with Crippen molar-refractivity contribution < 1.29 is 4.39 Å². The van der Waals surface area contributed by atoms with Gasteiger partial charge in [0.25, 0.3) is 0 Å². The third-order valence-corrected chi connectivity index (χ3v) is 2.37. The first-order valence-electron chi connectivity index (χ1n) is 4.97. The molecule has 0 atom stereocenters. The van der Waals surface area contributed by atoms with E-state index in [0.29, 0.717) is 10.6 Å². The van der Waals surface area contributed by atoms with Gasteiger partial charge in [-0.2, -0.15) is 0 Å². The van der Waals surface area contributed by atoms with Crippen molar-refractivity contribution in [2.24, 2.45) is 0 Å². The molecule has 1 aromatic rings. The zero-order valence-electron chi connectivity index (χ0n) is 8.98. The summed E-state index contributed by atoms with van der Waals surface area (Å²) >= 11 is 5.90. The fraction of sp³-hybridized carbons (Fsp3) is 0.333. The monoisotopic (exact) mass is 227 g/mol.